The minimum Gasteiger partial charge on any atom is -0.462 e. The summed E-state index contributed by atoms with van der Waals surface area (Å²) < 4.78 is 21.9. The normalized spacial score (nSPS) is 18.4. The van der Waals surface area contributed by atoms with Crippen LogP contribution in [0.15, 0.2) is 23.1 Å². The Kier molecular flexibility index (Phi) is 4.71. The topological polar surface area (TPSA) is 81.4 Å². The Bertz CT molecular complexity index is 1230. The van der Waals surface area contributed by atoms with Crippen LogP contribution >= 0.6 is 11.3 Å². The number of rotatable bonds is 4. The molecule has 156 valence electrons. The maximum Gasteiger partial charge on any atom is 0.343 e. The second-order valence-electron chi connectivity index (χ2n) is 7.82. The number of aliphatic hydroxyl groups is 1. The SMILES string of the molecule is CCOC(=O)c1cn(C2CC2)c2nc(-c3cc4c(s3)CCCC4O)c(F)cc2c1=O. The fraction of sp³-hybridized carbons (Fsp3) is 0.409. The second-order valence-corrected chi connectivity index (χ2v) is 8.95. The molecule has 5 rings (SSSR count). The number of hydrogen-bond donors (Lipinski definition) is 1. The summed E-state index contributed by atoms with van der Waals surface area (Å²) in [6.07, 6.45) is 5.26. The van der Waals surface area contributed by atoms with Crippen molar-refractivity contribution in [3.05, 3.63) is 50.4 Å². The third kappa shape index (κ3) is 3.15. The first-order valence-electron chi connectivity index (χ1n) is 10.2. The molecule has 30 heavy (non-hydrogen) atoms. The molecule has 0 bridgehead atoms. The lowest BCUT2D eigenvalue weighted by molar-refractivity contribution is 0.0524. The molecule has 0 saturated heterocycles. The molecule has 1 atom stereocenters. The van der Waals surface area contributed by atoms with Gasteiger partial charge in [0.05, 0.1) is 23.0 Å². The molecular weight excluding hydrogens is 407 g/mol. The lowest BCUT2D eigenvalue weighted by atomic mass is 9.96. The van der Waals surface area contributed by atoms with Crippen LogP contribution in [0.1, 0.15) is 65.6 Å². The van der Waals surface area contributed by atoms with E-state index in [1.807, 2.05) is 6.07 Å². The minimum absolute atomic E-state index is 0.0788. The Labute approximate surface area is 175 Å². The van der Waals surface area contributed by atoms with E-state index in [1.165, 1.54) is 23.6 Å². The molecule has 2 aliphatic carbocycles. The number of aliphatic hydroxyl groups excluding tert-OH is 1. The molecule has 3 aromatic heterocycles. The standard InChI is InChI=1S/C22H21FN2O4S/c1-2-29-22(28)14-10-25(11-6-7-11)21-13(20(14)27)8-15(23)19(24-21)18-9-12-16(26)4-3-5-17(12)30-18/h8-11,16,26H,2-7H2,1H3. The van der Waals surface area contributed by atoms with Crippen molar-refractivity contribution in [2.45, 2.75) is 51.2 Å². The van der Waals surface area contributed by atoms with Gasteiger partial charge >= 0.3 is 5.97 Å². The number of aryl methyl sites for hydroxylation is 1. The number of esters is 1. The maximum absolute atomic E-state index is 15.1. The lowest BCUT2D eigenvalue weighted by Crippen LogP contribution is -2.21. The van der Waals surface area contributed by atoms with Gasteiger partial charge < -0.3 is 14.4 Å². The molecule has 0 aromatic carbocycles. The summed E-state index contributed by atoms with van der Waals surface area (Å²) in [5, 5.41) is 10.3. The maximum atomic E-state index is 15.1. The zero-order valence-corrected chi connectivity index (χ0v) is 17.3. The number of pyridine rings is 2. The van der Waals surface area contributed by atoms with Crippen LogP contribution in [0.3, 0.4) is 0 Å². The van der Waals surface area contributed by atoms with Crippen LogP contribution < -0.4 is 5.43 Å². The van der Waals surface area contributed by atoms with Gasteiger partial charge in [-0.25, -0.2) is 14.2 Å². The molecule has 2 aliphatic rings. The number of ether oxygens (including phenoxy) is 1. The first kappa shape index (κ1) is 19.4. The van der Waals surface area contributed by atoms with Crippen LogP contribution in [0.4, 0.5) is 4.39 Å². The van der Waals surface area contributed by atoms with Gasteiger partial charge in [0, 0.05) is 17.1 Å². The van der Waals surface area contributed by atoms with Gasteiger partial charge in [-0.1, -0.05) is 0 Å². The van der Waals surface area contributed by atoms with E-state index < -0.39 is 23.3 Å². The molecule has 0 aliphatic heterocycles. The van der Waals surface area contributed by atoms with Crippen molar-refractivity contribution in [1.29, 1.82) is 0 Å². The van der Waals surface area contributed by atoms with Crippen LogP contribution in [0.5, 0.6) is 0 Å². The van der Waals surface area contributed by atoms with Gasteiger partial charge in [0.1, 0.15) is 16.9 Å². The van der Waals surface area contributed by atoms with Crippen LogP contribution in [-0.4, -0.2) is 27.2 Å². The van der Waals surface area contributed by atoms with Crippen molar-refractivity contribution < 1.29 is 19.0 Å². The van der Waals surface area contributed by atoms with E-state index in [1.54, 1.807) is 11.5 Å². The van der Waals surface area contributed by atoms with Crippen molar-refractivity contribution in [1.82, 2.24) is 9.55 Å². The van der Waals surface area contributed by atoms with Crippen molar-refractivity contribution in [3.63, 3.8) is 0 Å². The number of aromatic nitrogens is 2. The summed E-state index contributed by atoms with van der Waals surface area (Å²) in [7, 11) is 0. The third-order valence-corrected chi connectivity index (χ3v) is 6.93. The van der Waals surface area contributed by atoms with Gasteiger partial charge in [0.25, 0.3) is 0 Å². The highest BCUT2D eigenvalue weighted by atomic mass is 32.1. The summed E-state index contributed by atoms with van der Waals surface area (Å²) in [6, 6.07) is 3.12. The molecule has 1 N–H and O–H groups in total. The predicted molar refractivity (Wildman–Crippen MR) is 111 cm³/mol. The molecule has 1 saturated carbocycles. The van der Waals surface area contributed by atoms with Crippen molar-refractivity contribution in [3.8, 4) is 10.6 Å². The Morgan fingerprint density at radius 3 is 2.87 bits per heavy atom. The van der Waals surface area contributed by atoms with E-state index in [-0.39, 0.29) is 29.3 Å². The number of nitrogens with zero attached hydrogens (tertiary/aromatic N) is 2. The van der Waals surface area contributed by atoms with Gasteiger partial charge in [-0.2, -0.15) is 0 Å². The summed E-state index contributed by atoms with van der Waals surface area (Å²) in [5.41, 5.74) is 0.726. The predicted octanol–water partition coefficient (Wildman–Crippen LogP) is 4.15. The molecule has 8 heteroatoms. The lowest BCUT2D eigenvalue weighted by Gasteiger charge is -2.16. The fourth-order valence-corrected chi connectivity index (χ4v) is 5.30. The minimum atomic E-state index is -0.705. The van der Waals surface area contributed by atoms with Crippen LogP contribution in [0.2, 0.25) is 0 Å². The largest absolute Gasteiger partial charge is 0.462 e. The third-order valence-electron chi connectivity index (χ3n) is 5.71. The number of hydrogen-bond acceptors (Lipinski definition) is 6. The molecule has 1 unspecified atom stereocenters. The Hall–Kier alpha value is -2.58. The van der Waals surface area contributed by atoms with Crippen molar-refractivity contribution >= 4 is 28.3 Å². The van der Waals surface area contributed by atoms with Crippen LogP contribution in [-0.2, 0) is 11.2 Å². The van der Waals surface area contributed by atoms with Gasteiger partial charge in [-0.05, 0) is 56.7 Å². The Morgan fingerprint density at radius 2 is 2.17 bits per heavy atom. The smallest absolute Gasteiger partial charge is 0.343 e. The molecule has 0 radical (unpaired) electrons. The molecule has 0 amide bonds. The molecular formula is C22H21FN2O4S. The van der Waals surface area contributed by atoms with E-state index in [0.717, 1.165) is 36.1 Å². The first-order valence-corrected chi connectivity index (χ1v) is 11.0. The average Bonchev–Trinajstić information content (AvgIpc) is 3.47. The Balaban J connectivity index is 1.70. The zero-order chi connectivity index (χ0) is 21.0. The molecule has 1 fully saturated rings. The quantitative estimate of drug-likeness (QED) is 0.632. The van der Waals surface area contributed by atoms with Crippen molar-refractivity contribution in [2.75, 3.05) is 6.61 Å². The van der Waals surface area contributed by atoms with Gasteiger partial charge in [-0.3, -0.25) is 4.79 Å². The number of fused-ring (bicyclic) bond motifs is 2. The highest BCUT2D eigenvalue weighted by Gasteiger charge is 2.29. The Morgan fingerprint density at radius 1 is 1.37 bits per heavy atom. The molecule has 0 spiro atoms. The van der Waals surface area contributed by atoms with E-state index in [4.69, 9.17) is 4.74 Å². The van der Waals surface area contributed by atoms with Gasteiger partial charge in [-0.15, -0.1) is 11.3 Å². The zero-order valence-electron chi connectivity index (χ0n) is 16.5. The van der Waals surface area contributed by atoms with E-state index in [0.29, 0.717) is 16.9 Å². The molecule has 3 heterocycles. The average molecular weight is 428 g/mol. The van der Waals surface area contributed by atoms with Crippen molar-refractivity contribution in [2.24, 2.45) is 0 Å². The summed E-state index contributed by atoms with van der Waals surface area (Å²) in [6.45, 7) is 1.82. The number of carbonyl (C=O) groups is 1. The highest BCUT2D eigenvalue weighted by Crippen LogP contribution is 2.41. The van der Waals surface area contributed by atoms with Gasteiger partial charge in [0.2, 0.25) is 5.43 Å². The van der Waals surface area contributed by atoms with Gasteiger partial charge in [0.15, 0.2) is 5.82 Å². The molecule has 6 nitrogen and oxygen atoms in total. The highest BCUT2D eigenvalue weighted by molar-refractivity contribution is 7.15. The van der Waals surface area contributed by atoms with E-state index in [9.17, 15) is 14.7 Å². The fourth-order valence-electron chi connectivity index (χ4n) is 4.05. The number of carbonyl (C=O) groups excluding carboxylic acids is 1. The second kappa shape index (κ2) is 7.28. The number of thiophene rings is 1. The summed E-state index contributed by atoms with van der Waals surface area (Å²) in [4.78, 5) is 31.4. The van der Waals surface area contributed by atoms with Crippen LogP contribution in [0, 0.1) is 5.82 Å². The van der Waals surface area contributed by atoms with Crippen LogP contribution in [0.25, 0.3) is 21.6 Å². The summed E-state index contributed by atoms with van der Waals surface area (Å²) in [5.74, 6) is -1.32. The number of halogens is 1. The van der Waals surface area contributed by atoms with E-state index >= 15 is 4.39 Å². The van der Waals surface area contributed by atoms with E-state index in [2.05, 4.69) is 4.98 Å². The monoisotopic (exact) mass is 428 g/mol. The first-order chi connectivity index (χ1) is 14.5. The summed E-state index contributed by atoms with van der Waals surface area (Å²) >= 11 is 1.44. The molecule has 3 aromatic rings.